The number of cyclic esters (lactones) is 1. The van der Waals surface area contributed by atoms with Crippen LogP contribution in [0, 0.1) is 11.8 Å². The lowest BCUT2D eigenvalue weighted by Crippen LogP contribution is -2.58. The van der Waals surface area contributed by atoms with Crippen molar-refractivity contribution < 1.29 is 38.5 Å². The highest BCUT2D eigenvalue weighted by atomic mass is 16.6. The van der Waals surface area contributed by atoms with Crippen molar-refractivity contribution in [1.82, 2.24) is 20.0 Å². The lowest BCUT2D eigenvalue weighted by Gasteiger charge is -2.38. The molecule has 0 radical (unpaired) electrons. The quantitative estimate of drug-likeness (QED) is 0.330. The number of nitrogens with one attached hydrogen (secondary N) is 1. The Kier molecular flexibility index (Phi) is 10.1. The summed E-state index contributed by atoms with van der Waals surface area (Å²) in [6.45, 7) is 7.60. The van der Waals surface area contributed by atoms with Gasteiger partial charge in [-0.2, -0.15) is 0 Å². The summed E-state index contributed by atoms with van der Waals surface area (Å²) in [6, 6.07) is 6.94. The first-order chi connectivity index (χ1) is 22.8. The summed E-state index contributed by atoms with van der Waals surface area (Å²) in [5, 5.41) is 13.4. The van der Waals surface area contributed by atoms with Crippen LogP contribution in [0.5, 0.6) is 0 Å². The number of carbonyl (C=O) groups is 4. The number of morpholine rings is 1. The number of likely N-dealkylation sites (tertiary alicyclic amines) is 1. The Bertz CT molecular complexity index is 1380. The van der Waals surface area contributed by atoms with Crippen LogP contribution in [-0.4, -0.2) is 126 Å². The Labute approximate surface area is 275 Å². The Balaban J connectivity index is 1.38. The third-order valence-corrected chi connectivity index (χ3v) is 10.2. The number of amides is 3. The van der Waals surface area contributed by atoms with E-state index in [0.29, 0.717) is 51.3 Å². The third kappa shape index (κ3) is 6.36. The highest BCUT2D eigenvalue weighted by Crippen LogP contribution is 2.54. The van der Waals surface area contributed by atoms with Crippen molar-refractivity contribution in [3.05, 3.63) is 60.2 Å². The summed E-state index contributed by atoms with van der Waals surface area (Å²) in [4.78, 5) is 61.8. The number of hydrogen-bond donors (Lipinski definition) is 2. The smallest absolute Gasteiger partial charge is 0.313 e. The number of fused-ring (bicyclic) bond motifs is 2. The number of hydrogen-bond acceptors (Lipinski definition) is 9. The number of allylic oxidation sites excluding steroid dienone is 1. The monoisotopic (exact) mass is 650 g/mol. The van der Waals surface area contributed by atoms with E-state index in [1.165, 1.54) is 4.90 Å². The zero-order valence-corrected chi connectivity index (χ0v) is 27.2. The zero-order chi connectivity index (χ0) is 33.1. The fraction of sp³-hybridized carbons (Fsp3) is 0.600. The second kappa shape index (κ2) is 14.3. The maximum Gasteiger partial charge on any atom is 0.313 e. The van der Waals surface area contributed by atoms with Crippen molar-refractivity contribution >= 4 is 23.7 Å². The van der Waals surface area contributed by atoms with Crippen molar-refractivity contribution in [3.63, 3.8) is 0 Å². The minimum atomic E-state index is -1.45. The molecule has 12 nitrogen and oxygen atoms in total. The molecule has 0 unspecified atom stereocenters. The van der Waals surface area contributed by atoms with Crippen molar-refractivity contribution in [2.24, 2.45) is 11.8 Å². The van der Waals surface area contributed by atoms with Crippen molar-refractivity contribution in [1.29, 1.82) is 0 Å². The van der Waals surface area contributed by atoms with Crippen LogP contribution in [0.15, 0.2) is 54.6 Å². The van der Waals surface area contributed by atoms with E-state index in [1.54, 1.807) is 30.1 Å². The fourth-order valence-corrected chi connectivity index (χ4v) is 7.79. The van der Waals surface area contributed by atoms with Crippen LogP contribution >= 0.6 is 0 Å². The Morgan fingerprint density at radius 2 is 1.81 bits per heavy atom. The van der Waals surface area contributed by atoms with Gasteiger partial charge in [-0.1, -0.05) is 61.6 Å². The van der Waals surface area contributed by atoms with Gasteiger partial charge in [0.15, 0.2) is 0 Å². The molecule has 5 heterocycles. The molecule has 0 bridgehead atoms. The zero-order valence-electron chi connectivity index (χ0n) is 27.2. The maximum absolute atomic E-state index is 14.6. The molecule has 0 saturated carbocycles. The lowest BCUT2D eigenvalue weighted by molar-refractivity contribution is -0.162. The number of aliphatic hydroxyl groups is 1. The average molecular weight is 651 g/mol. The minimum Gasteiger partial charge on any atom is -0.455 e. The van der Waals surface area contributed by atoms with Crippen molar-refractivity contribution in [2.45, 2.75) is 69.0 Å². The summed E-state index contributed by atoms with van der Waals surface area (Å²) >= 11 is 0. The molecular weight excluding hydrogens is 604 g/mol. The van der Waals surface area contributed by atoms with Gasteiger partial charge >= 0.3 is 5.97 Å². The molecule has 5 aliphatic rings. The largest absolute Gasteiger partial charge is 0.455 e. The molecule has 0 aliphatic carbocycles. The molecule has 3 amide bonds. The average Bonchev–Trinajstić information content (AvgIpc) is 3.47. The Hall–Kier alpha value is -3.58. The van der Waals surface area contributed by atoms with Crippen LogP contribution in [0.1, 0.15) is 44.8 Å². The molecule has 1 spiro atoms. The number of nitrogens with zero attached hydrogens (tertiary/aromatic N) is 3. The highest BCUT2D eigenvalue weighted by Gasteiger charge is 2.72. The number of rotatable bonds is 7. The van der Waals surface area contributed by atoms with E-state index in [9.17, 15) is 24.3 Å². The number of esters is 1. The fourth-order valence-electron chi connectivity index (χ4n) is 7.79. The molecule has 0 aromatic heterocycles. The van der Waals surface area contributed by atoms with Gasteiger partial charge < -0.3 is 34.4 Å². The molecular formula is C35H46N4O8. The second-order valence-corrected chi connectivity index (χ2v) is 13.1. The van der Waals surface area contributed by atoms with E-state index in [-0.39, 0.29) is 24.8 Å². The molecule has 2 N–H and O–H groups in total. The summed E-state index contributed by atoms with van der Waals surface area (Å²) in [6.07, 6.45) is 6.53. The van der Waals surface area contributed by atoms with Crippen LogP contribution in [-0.2, 0) is 33.4 Å². The van der Waals surface area contributed by atoms with Crippen LogP contribution in [0.4, 0.5) is 0 Å². The second-order valence-electron chi connectivity index (χ2n) is 13.1. The van der Waals surface area contributed by atoms with Gasteiger partial charge in [0, 0.05) is 39.1 Å². The predicted molar refractivity (Wildman–Crippen MR) is 171 cm³/mol. The SMILES string of the molecule is CC[C@@H](CO)N1C(=O)[C@H]2[C@@H]3C(=O)O[C@@H](c4ccccc4)[C@H](C)NC(=O)CC/C=C\[C@@H]3O[C@]23C=CCN(CCN2CCOCC2)C(=O)[C@H]13. The number of carbonyl (C=O) groups excluding carboxylic acids is 4. The van der Waals surface area contributed by atoms with Crippen LogP contribution in [0.3, 0.4) is 0 Å². The number of aliphatic hydroxyl groups excluding tert-OH is 1. The third-order valence-electron chi connectivity index (χ3n) is 10.2. The molecule has 1 aromatic rings. The molecule has 6 rings (SSSR count). The maximum atomic E-state index is 14.6. The van der Waals surface area contributed by atoms with Gasteiger partial charge in [-0.15, -0.1) is 0 Å². The number of ether oxygens (including phenoxy) is 3. The van der Waals surface area contributed by atoms with Gasteiger partial charge in [-0.3, -0.25) is 24.1 Å². The van der Waals surface area contributed by atoms with Crippen LogP contribution in [0.2, 0.25) is 0 Å². The summed E-state index contributed by atoms with van der Waals surface area (Å²) in [5.41, 5.74) is -0.749. The predicted octanol–water partition coefficient (Wildman–Crippen LogP) is 1.21. The summed E-state index contributed by atoms with van der Waals surface area (Å²) in [7, 11) is 0. The first kappa shape index (κ1) is 33.3. The van der Waals surface area contributed by atoms with Crippen molar-refractivity contribution in [2.75, 3.05) is 52.5 Å². The Morgan fingerprint density at radius 3 is 2.53 bits per heavy atom. The molecule has 8 atom stereocenters. The van der Waals surface area contributed by atoms with E-state index in [0.717, 1.165) is 13.1 Å². The van der Waals surface area contributed by atoms with Gasteiger partial charge in [-0.25, -0.2) is 0 Å². The van der Waals surface area contributed by atoms with Gasteiger partial charge in [0.05, 0.1) is 43.9 Å². The standard InChI is InChI=1S/C35H46N4O8/c1-3-25(22-40)39-31-33(43)38(17-16-37-18-20-45-21-19-37)15-9-14-35(31)29(32(39)42)28-26(47-35)12-7-8-13-27(41)36-23(2)30(46-34(28)44)24-10-5-4-6-11-24/h4-7,9-12,14,23,25-26,28-31,40H,3,8,13,15-22H2,1-2H3,(H,36,41)/b12-7-/t23-,25-,26-,28+,29+,30+,31-,35+/m0/s1. The minimum absolute atomic E-state index is 0.172. The molecule has 5 aliphatic heterocycles. The van der Waals surface area contributed by atoms with E-state index in [1.807, 2.05) is 43.3 Å². The van der Waals surface area contributed by atoms with Crippen molar-refractivity contribution in [3.8, 4) is 0 Å². The Morgan fingerprint density at radius 1 is 1.04 bits per heavy atom. The van der Waals surface area contributed by atoms with E-state index in [4.69, 9.17) is 14.2 Å². The van der Waals surface area contributed by atoms with E-state index < -0.39 is 59.6 Å². The molecule has 47 heavy (non-hydrogen) atoms. The first-order valence-electron chi connectivity index (χ1n) is 16.9. The van der Waals surface area contributed by atoms with E-state index in [2.05, 4.69) is 10.2 Å². The summed E-state index contributed by atoms with van der Waals surface area (Å²) in [5.74, 6) is -3.61. The lowest BCUT2D eigenvalue weighted by atomic mass is 9.77. The molecule has 3 saturated heterocycles. The van der Waals surface area contributed by atoms with Crippen LogP contribution in [0.25, 0.3) is 0 Å². The van der Waals surface area contributed by atoms with Gasteiger partial charge in [0.25, 0.3) is 0 Å². The highest BCUT2D eigenvalue weighted by molar-refractivity contribution is 5.99. The van der Waals surface area contributed by atoms with Gasteiger partial charge in [-0.05, 0) is 25.3 Å². The van der Waals surface area contributed by atoms with Gasteiger partial charge in [0.1, 0.15) is 23.7 Å². The molecule has 3 fully saturated rings. The van der Waals surface area contributed by atoms with Crippen LogP contribution < -0.4 is 5.32 Å². The molecule has 1 aromatic carbocycles. The van der Waals surface area contributed by atoms with E-state index >= 15 is 0 Å². The first-order valence-corrected chi connectivity index (χ1v) is 16.9. The molecule has 12 heteroatoms. The summed E-state index contributed by atoms with van der Waals surface area (Å²) < 4.78 is 18.5. The van der Waals surface area contributed by atoms with Gasteiger partial charge in [0.2, 0.25) is 17.7 Å². The normalized spacial score (nSPS) is 34.7. The topological polar surface area (TPSA) is 138 Å². The number of benzene rings is 1. The molecule has 254 valence electrons.